The number of carbonyl (C=O) groups is 1. The summed E-state index contributed by atoms with van der Waals surface area (Å²) in [6.07, 6.45) is 1.52. The van der Waals surface area contributed by atoms with Gasteiger partial charge in [0.05, 0.1) is 20.3 Å². The number of hydrogen-bond acceptors (Lipinski definition) is 4. The lowest BCUT2D eigenvalue weighted by Crippen LogP contribution is -2.44. The molecule has 2 aromatic rings. The Morgan fingerprint density at radius 3 is 2.88 bits per heavy atom. The van der Waals surface area contributed by atoms with E-state index in [1.165, 1.54) is 7.11 Å². The fourth-order valence-corrected chi connectivity index (χ4v) is 2.84. The van der Waals surface area contributed by atoms with Gasteiger partial charge in [0.25, 0.3) is 0 Å². The lowest BCUT2D eigenvalue weighted by molar-refractivity contribution is -0.0135. The van der Waals surface area contributed by atoms with Crippen molar-refractivity contribution in [3.8, 4) is 5.88 Å². The summed E-state index contributed by atoms with van der Waals surface area (Å²) in [5.41, 5.74) is 2.50. The quantitative estimate of drug-likeness (QED) is 0.906. The molecule has 0 spiro atoms. The van der Waals surface area contributed by atoms with Crippen LogP contribution >= 0.6 is 11.6 Å². The SMILES string of the molecule is COc1ncc(C)cc1NC(=O)N1CCOC(c2ccc(Cl)cc2)C1. The van der Waals surface area contributed by atoms with Gasteiger partial charge in [-0.1, -0.05) is 23.7 Å². The van der Waals surface area contributed by atoms with E-state index < -0.39 is 0 Å². The molecule has 1 aromatic carbocycles. The summed E-state index contributed by atoms with van der Waals surface area (Å²) in [6, 6.07) is 9.11. The maximum Gasteiger partial charge on any atom is 0.322 e. The number of anilines is 1. The van der Waals surface area contributed by atoms with Gasteiger partial charge in [-0.15, -0.1) is 0 Å². The fraction of sp³-hybridized carbons (Fsp3) is 0.333. The van der Waals surface area contributed by atoms with Crippen molar-refractivity contribution in [2.75, 3.05) is 32.1 Å². The highest BCUT2D eigenvalue weighted by molar-refractivity contribution is 6.30. The minimum absolute atomic E-state index is 0.172. The summed E-state index contributed by atoms with van der Waals surface area (Å²) in [4.78, 5) is 18.5. The minimum atomic E-state index is -0.201. The van der Waals surface area contributed by atoms with Crippen LogP contribution in [0, 0.1) is 6.92 Å². The van der Waals surface area contributed by atoms with Crippen molar-refractivity contribution in [3.05, 3.63) is 52.7 Å². The molecular weight excluding hydrogens is 342 g/mol. The van der Waals surface area contributed by atoms with Gasteiger partial charge >= 0.3 is 6.03 Å². The van der Waals surface area contributed by atoms with Gasteiger partial charge < -0.3 is 19.7 Å². The van der Waals surface area contributed by atoms with Gasteiger partial charge in [-0.2, -0.15) is 0 Å². The van der Waals surface area contributed by atoms with Crippen LogP contribution in [0.15, 0.2) is 36.5 Å². The average molecular weight is 362 g/mol. The van der Waals surface area contributed by atoms with Crippen LogP contribution in [0.5, 0.6) is 5.88 Å². The summed E-state index contributed by atoms with van der Waals surface area (Å²) in [7, 11) is 1.53. The second-order valence-electron chi connectivity index (χ2n) is 5.86. The van der Waals surface area contributed by atoms with Crippen LogP contribution in [-0.4, -0.2) is 42.7 Å². The molecule has 0 aliphatic carbocycles. The predicted octanol–water partition coefficient (Wildman–Crippen LogP) is 3.66. The Morgan fingerprint density at radius 2 is 2.16 bits per heavy atom. The maximum absolute atomic E-state index is 12.6. The third-order valence-corrected chi connectivity index (χ3v) is 4.27. The van der Waals surface area contributed by atoms with E-state index in [-0.39, 0.29) is 12.1 Å². The monoisotopic (exact) mass is 361 g/mol. The number of ether oxygens (including phenoxy) is 2. The van der Waals surface area contributed by atoms with Crippen molar-refractivity contribution in [1.29, 1.82) is 0 Å². The molecule has 132 valence electrons. The molecule has 2 heterocycles. The normalized spacial score (nSPS) is 17.2. The Morgan fingerprint density at radius 1 is 1.40 bits per heavy atom. The highest BCUT2D eigenvalue weighted by atomic mass is 35.5. The van der Waals surface area contributed by atoms with Crippen LogP contribution in [0.4, 0.5) is 10.5 Å². The van der Waals surface area contributed by atoms with Crippen molar-refractivity contribution in [2.24, 2.45) is 0 Å². The van der Waals surface area contributed by atoms with Crippen LogP contribution in [0.1, 0.15) is 17.2 Å². The van der Waals surface area contributed by atoms with Gasteiger partial charge in [-0.3, -0.25) is 0 Å². The number of pyridine rings is 1. The Kier molecular flexibility index (Phi) is 5.40. The zero-order valence-corrected chi connectivity index (χ0v) is 14.9. The number of rotatable bonds is 3. The zero-order valence-electron chi connectivity index (χ0n) is 14.2. The number of nitrogens with one attached hydrogen (secondary N) is 1. The number of morpholine rings is 1. The van der Waals surface area contributed by atoms with Gasteiger partial charge in [0.1, 0.15) is 11.8 Å². The molecule has 1 N–H and O–H groups in total. The Bertz CT molecular complexity index is 752. The molecule has 0 saturated carbocycles. The zero-order chi connectivity index (χ0) is 17.8. The van der Waals surface area contributed by atoms with E-state index in [0.717, 1.165) is 11.1 Å². The standard InChI is InChI=1S/C18H20ClN3O3/c1-12-9-15(17(24-2)20-10-12)21-18(23)22-7-8-25-16(11-22)13-3-5-14(19)6-4-13/h3-6,9-10,16H,7-8,11H2,1-2H3,(H,21,23). The molecule has 6 nitrogen and oxygen atoms in total. The molecule has 7 heteroatoms. The Labute approximate surface area is 151 Å². The highest BCUT2D eigenvalue weighted by Gasteiger charge is 2.26. The molecule has 1 aromatic heterocycles. The summed E-state index contributed by atoms with van der Waals surface area (Å²) in [5, 5.41) is 3.55. The van der Waals surface area contributed by atoms with Crippen molar-refractivity contribution in [3.63, 3.8) is 0 Å². The lowest BCUT2D eigenvalue weighted by Gasteiger charge is -2.33. The number of aromatic nitrogens is 1. The molecule has 25 heavy (non-hydrogen) atoms. The van der Waals surface area contributed by atoms with E-state index in [1.807, 2.05) is 37.3 Å². The Hall–Kier alpha value is -2.31. The minimum Gasteiger partial charge on any atom is -0.480 e. The maximum atomic E-state index is 12.6. The molecule has 1 saturated heterocycles. The number of halogens is 1. The molecule has 1 aliphatic heterocycles. The molecule has 2 amide bonds. The molecule has 1 aliphatic rings. The highest BCUT2D eigenvalue weighted by Crippen LogP contribution is 2.26. The Balaban J connectivity index is 1.70. The van der Waals surface area contributed by atoms with Crippen molar-refractivity contribution in [1.82, 2.24) is 9.88 Å². The lowest BCUT2D eigenvalue weighted by atomic mass is 10.1. The molecule has 0 radical (unpaired) electrons. The summed E-state index contributed by atoms with van der Waals surface area (Å²) in [5.74, 6) is 0.390. The number of amides is 2. The van der Waals surface area contributed by atoms with E-state index in [9.17, 15) is 4.79 Å². The predicted molar refractivity (Wildman–Crippen MR) is 96.3 cm³/mol. The van der Waals surface area contributed by atoms with Crippen molar-refractivity contribution in [2.45, 2.75) is 13.0 Å². The summed E-state index contributed by atoms with van der Waals surface area (Å²) in [6.45, 7) is 3.38. The summed E-state index contributed by atoms with van der Waals surface area (Å²) < 4.78 is 11.0. The van der Waals surface area contributed by atoms with Gasteiger partial charge in [-0.25, -0.2) is 9.78 Å². The number of methoxy groups -OCH3 is 1. The molecule has 1 unspecified atom stereocenters. The third-order valence-electron chi connectivity index (χ3n) is 4.02. The smallest absolute Gasteiger partial charge is 0.322 e. The number of urea groups is 1. The molecule has 3 rings (SSSR count). The first-order valence-electron chi connectivity index (χ1n) is 8.00. The largest absolute Gasteiger partial charge is 0.480 e. The number of benzene rings is 1. The van der Waals surface area contributed by atoms with Gasteiger partial charge in [0.15, 0.2) is 0 Å². The van der Waals surface area contributed by atoms with Gasteiger partial charge in [-0.05, 0) is 36.2 Å². The van der Waals surface area contributed by atoms with E-state index in [1.54, 1.807) is 11.1 Å². The van der Waals surface area contributed by atoms with Gasteiger partial charge in [0.2, 0.25) is 5.88 Å². The molecule has 0 bridgehead atoms. The first-order chi connectivity index (χ1) is 12.1. The number of hydrogen-bond donors (Lipinski definition) is 1. The van der Waals surface area contributed by atoms with E-state index >= 15 is 0 Å². The van der Waals surface area contributed by atoms with E-state index in [2.05, 4.69) is 10.3 Å². The van der Waals surface area contributed by atoms with E-state index in [4.69, 9.17) is 21.1 Å². The van der Waals surface area contributed by atoms with Crippen molar-refractivity contribution >= 4 is 23.3 Å². The first kappa shape index (κ1) is 17.5. The van der Waals surface area contributed by atoms with Crippen LogP contribution < -0.4 is 10.1 Å². The molecular formula is C18H20ClN3O3. The second kappa shape index (κ2) is 7.72. The van der Waals surface area contributed by atoms with Crippen LogP contribution in [-0.2, 0) is 4.74 Å². The average Bonchev–Trinajstić information content (AvgIpc) is 2.62. The number of carbonyl (C=O) groups excluding carboxylic acids is 1. The fourth-order valence-electron chi connectivity index (χ4n) is 2.72. The van der Waals surface area contributed by atoms with Crippen molar-refractivity contribution < 1.29 is 14.3 Å². The topological polar surface area (TPSA) is 63.7 Å². The molecule has 1 fully saturated rings. The second-order valence-corrected chi connectivity index (χ2v) is 6.29. The van der Waals surface area contributed by atoms with Crippen LogP contribution in [0.3, 0.4) is 0 Å². The number of nitrogens with zero attached hydrogens (tertiary/aromatic N) is 2. The summed E-state index contributed by atoms with van der Waals surface area (Å²) >= 11 is 5.93. The van der Waals surface area contributed by atoms with E-state index in [0.29, 0.717) is 36.3 Å². The van der Waals surface area contributed by atoms with Crippen LogP contribution in [0.25, 0.3) is 0 Å². The number of aryl methyl sites for hydroxylation is 1. The van der Waals surface area contributed by atoms with Gasteiger partial charge in [0, 0.05) is 17.8 Å². The first-order valence-corrected chi connectivity index (χ1v) is 8.38. The third kappa shape index (κ3) is 4.21. The van der Waals surface area contributed by atoms with Crippen LogP contribution in [0.2, 0.25) is 5.02 Å². The molecule has 1 atom stereocenters.